The standard InChI is InChI=1S/C9H17NO3S/c1-14-6-4-7(9(11)12)10-8-3-2-5-13-8/h7-8,10H,2-6H2,1H3,(H,11,12)/t7-,8?/m0/s1. The minimum atomic E-state index is -0.783. The van der Waals surface area contributed by atoms with Crippen molar-refractivity contribution < 1.29 is 14.6 Å². The van der Waals surface area contributed by atoms with Crippen molar-refractivity contribution in [2.24, 2.45) is 0 Å². The third-order valence-electron chi connectivity index (χ3n) is 2.23. The number of aliphatic carboxylic acids is 1. The number of rotatable bonds is 6. The third-order valence-corrected chi connectivity index (χ3v) is 2.87. The molecule has 82 valence electrons. The van der Waals surface area contributed by atoms with E-state index >= 15 is 0 Å². The SMILES string of the molecule is CSCC[C@H](NC1CCCO1)C(=O)O. The van der Waals surface area contributed by atoms with Gasteiger partial charge in [0.25, 0.3) is 0 Å². The summed E-state index contributed by atoms with van der Waals surface area (Å²) in [5, 5.41) is 11.9. The minimum absolute atomic E-state index is 0.0574. The first-order valence-corrected chi connectivity index (χ1v) is 6.23. The number of hydrogen-bond donors (Lipinski definition) is 2. The number of carbonyl (C=O) groups is 1. The van der Waals surface area contributed by atoms with E-state index in [0.717, 1.165) is 25.2 Å². The van der Waals surface area contributed by atoms with Gasteiger partial charge in [0.05, 0.1) is 0 Å². The van der Waals surface area contributed by atoms with Crippen LogP contribution in [0.2, 0.25) is 0 Å². The van der Waals surface area contributed by atoms with Gasteiger partial charge in [-0.1, -0.05) is 0 Å². The van der Waals surface area contributed by atoms with Crippen molar-refractivity contribution in [3.05, 3.63) is 0 Å². The van der Waals surface area contributed by atoms with E-state index in [1.54, 1.807) is 11.8 Å². The Bertz CT molecular complexity index is 183. The summed E-state index contributed by atoms with van der Waals surface area (Å²) in [5.41, 5.74) is 0. The molecule has 4 nitrogen and oxygen atoms in total. The summed E-state index contributed by atoms with van der Waals surface area (Å²) in [4.78, 5) is 10.9. The van der Waals surface area contributed by atoms with Crippen LogP contribution in [0.15, 0.2) is 0 Å². The summed E-state index contributed by atoms with van der Waals surface area (Å²) in [6.45, 7) is 0.743. The van der Waals surface area contributed by atoms with E-state index in [9.17, 15) is 4.79 Å². The van der Waals surface area contributed by atoms with Crippen LogP contribution in [0.5, 0.6) is 0 Å². The van der Waals surface area contributed by atoms with Crippen LogP contribution in [-0.4, -0.2) is 42.0 Å². The molecule has 0 saturated carbocycles. The Morgan fingerprint density at radius 2 is 2.57 bits per heavy atom. The molecule has 0 aromatic rings. The Kier molecular flexibility index (Phi) is 5.29. The topological polar surface area (TPSA) is 58.6 Å². The molecule has 1 fully saturated rings. The lowest BCUT2D eigenvalue weighted by molar-refractivity contribution is -0.140. The molecule has 5 heteroatoms. The summed E-state index contributed by atoms with van der Waals surface area (Å²) in [6.07, 6.45) is 4.51. The maximum Gasteiger partial charge on any atom is 0.320 e. The van der Waals surface area contributed by atoms with Crippen LogP contribution < -0.4 is 5.32 Å². The average Bonchev–Trinajstić information content (AvgIpc) is 2.64. The van der Waals surface area contributed by atoms with E-state index in [0.29, 0.717) is 6.42 Å². The Morgan fingerprint density at radius 1 is 1.79 bits per heavy atom. The molecule has 1 unspecified atom stereocenters. The molecule has 1 aliphatic heterocycles. The molecular weight excluding hydrogens is 202 g/mol. The molecule has 1 saturated heterocycles. The number of hydrogen-bond acceptors (Lipinski definition) is 4. The molecule has 0 aromatic carbocycles. The lowest BCUT2D eigenvalue weighted by Gasteiger charge is -2.18. The Hall–Kier alpha value is -0.260. The maximum absolute atomic E-state index is 10.9. The number of carboxylic acids is 1. The van der Waals surface area contributed by atoms with Crippen molar-refractivity contribution in [1.82, 2.24) is 5.32 Å². The molecule has 0 aromatic heterocycles. The highest BCUT2D eigenvalue weighted by molar-refractivity contribution is 7.98. The van der Waals surface area contributed by atoms with Crippen molar-refractivity contribution in [2.75, 3.05) is 18.6 Å². The second-order valence-corrected chi connectivity index (χ2v) is 4.33. The van der Waals surface area contributed by atoms with Crippen LogP contribution >= 0.6 is 11.8 Å². The molecule has 0 amide bonds. The molecular formula is C9H17NO3S. The van der Waals surface area contributed by atoms with Gasteiger partial charge >= 0.3 is 5.97 Å². The van der Waals surface area contributed by atoms with E-state index in [1.807, 2.05) is 6.26 Å². The van der Waals surface area contributed by atoms with Crippen molar-refractivity contribution in [3.63, 3.8) is 0 Å². The smallest absolute Gasteiger partial charge is 0.320 e. The van der Waals surface area contributed by atoms with Gasteiger partial charge in [0.1, 0.15) is 12.3 Å². The lowest BCUT2D eigenvalue weighted by Crippen LogP contribution is -2.43. The van der Waals surface area contributed by atoms with Crippen molar-refractivity contribution in [2.45, 2.75) is 31.5 Å². The van der Waals surface area contributed by atoms with E-state index in [2.05, 4.69) is 5.32 Å². The third kappa shape index (κ3) is 3.86. The fourth-order valence-electron chi connectivity index (χ4n) is 1.45. The minimum Gasteiger partial charge on any atom is -0.480 e. The molecule has 14 heavy (non-hydrogen) atoms. The van der Waals surface area contributed by atoms with Crippen LogP contribution in [0.4, 0.5) is 0 Å². The van der Waals surface area contributed by atoms with Crippen LogP contribution in [0.1, 0.15) is 19.3 Å². The zero-order valence-corrected chi connectivity index (χ0v) is 9.18. The molecule has 1 heterocycles. The number of carboxylic acid groups (broad SMARTS) is 1. The highest BCUT2D eigenvalue weighted by Gasteiger charge is 2.23. The van der Waals surface area contributed by atoms with Gasteiger partial charge in [-0.05, 0) is 31.3 Å². The summed E-state index contributed by atoms with van der Waals surface area (Å²) in [5.74, 6) is 0.0750. The monoisotopic (exact) mass is 219 g/mol. The van der Waals surface area contributed by atoms with Crippen molar-refractivity contribution in [1.29, 1.82) is 0 Å². The summed E-state index contributed by atoms with van der Waals surface area (Å²) in [7, 11) is 0. The van der Waals surface area contributed by atoms with Gasteiger partial charge in [-0.3, -0.25) is 10.1 Å². The highest BCUT2D eigenvalue weighted by atomic mass is 32.2. The molecule has 0 aliphatic carbocycles. The van der Waals surface area contributed by atoms with Gasteiger partial charge in [0.2, 0.25) is 0 Å². The summed E-state index contributed by atoms with van der Waals surface area (Å²) in [6, 6.07) is -0.467. The summed E-state index contributed by atoms with van der Waals surface area (Å²) < 4.78 is 5.33. The van der Waals surface area contributed by atoms with E-state index in [-0.39, 0.29) is 6.23 Å². The summed E-state index contributed by atoms with van der Waals surface area (Å²) >= 11 is 1.66. The fraction of sp³-hybridized carbons (Fsp3) is 0.889. The van der Waals surface area contributed by atoms with Gasteiger partial charge in [-0.25, -0.2) is 0 Å². The molecule has 0 radical (unpaired) electrons. The first-order valence-electron chi connectivity index (χ1n) is 4.83. The largest absolute Gasteiger partial charge is 0.480 e. The van der Waals surface area contributed by atoms with Crippen molar-refractivity contribution in [3.8, 4) is 0 Å². The predicted molar refractivity (Wildman–Crippen MR) is 56.5 cm³/mol. The number of thioether (sulfide) groups is 1. The zero-order valence-electron chi connectivity index (χ0n) is 8.36. The quantitative estimate of drug-likeness (QED) is 0.695. The molecule has 2 N–H and O–H groups in total. The molecule has 0 spiro atoms. The molecule has 2 atom stereocenters. The van der Waals surface area contributed by atoms with Crippen LogP contribution in [-0.2, 0) is 9.53 Å². The molecule has 1 rings (SSSR count). The second kappa shape index (κ2) is 6.27. The normalized spacial score (nSPS) is 23.6. The van der Waals surface area contributed by atoms with Crippen LogP contribution in [0.25, 0.3) is 0 Å². The van der Waals surface area contributed by atoms with E-state index in [4.69, 9.17) is 9.84 Å². The van der Waals surface area contributed by atoms with Crippen molar-refractivity contribution >= 4 is 17.7 Å². The van der Waals surface area contributed by atoms with Gasteiger partial charge in [-0.2, -0.15) is 11.8 Å². The van der Waals surface area contributed by atoms with Gasteiger partial charge < -0.3 is 9.84 Å². The average molecular weight is 219 g/mol. The fourth-order valence-corrected chi connectivity index (χ4v) is 1.92. The van der Waals surface area contributed by atoms with Crippen LogP contribution in [0, 0.1) is 0 Å². The van der Waals surface area contributed by atoms with E-state index < -0.39 is 12.0 Å². The first kappa shape index (κ1) is 11.8. The Labute approximate surface area is 88.4 Å². The van der Waals surface area contributed by atoms with E-state index in [1.165, 1.54) is 0 Å². The maximum atomic E-state index is 10.9. The lowest BCUT2D eigenvalue weighted by atomic mass is 10.2. The molecule has 1 aliphatic rings. The molecule has 0 bridgehead atoms. The highest BCUT2D eigenvalue weighted by Crippen LogP contribution is 2.11. The number of ether oxygens (including phenoxy) is 1. The van der Waals surface area contributed by atoms with Gasteiger partial charge in [-0.15, -0.1) is 0 Å². The van der Waals surface area contributed by atoms with Crippen LogP contribution in [0.3, 0.4) is 0 Å². The van der Waals surface area contributed by atoms with Gasteiger partial charge in [0.15, 0.2) is 0 Å². The number of nitrogens with one attached hydrogen (secondary N) is 1. The van der Waals surface area contributed by atoms with Gasteiger partial charge in [0, 0.05) is 6.61 Å². The first-order chi connectivity index (χ1) is 6.74. The predicted octanol–water partition coefficient (Wildman–Crippen LogP) is 0.919. The zero-order chi connectivity index (χ0) is 10.4. The second-order valence-electron chi connectivity index (χ2n) is 3.34. The Morgan fingerprint density at radius 3 is 3.07 bits per heavy atom. The Balaban J connectivity index is 2.30.